The van der Waals surface area contributed by atoms with Gasteiger partial charge in [0.1, 0.15) is 5.75 Å². The van der Waals surface area contributed by atoms with Crippen LogP contribution in [0.4, 0.5) is 22.7 Å². The number of hydrogen-bond acceptors (Lipinski definition) is 8. The molecule has 5 aromatic carbocycles. The van der Waals surface area contributed by atoms with Crippen LogP contribution in [0.2, 0.25) is 18.6 Å². The van der Waals surface area contributed by atoms with Crippen molar-refractivity contribution in [3.63, 3.8) is 0 Å². The number of methoxy groups -OCH3 is 1. The quantitative estimate of drug-likeness (QED) is 0.0614. The molecule has 3 amide bonds. The van der Waals surface area contributed by atoms with Crippen molar-refractivity contribution < 1.29 is 33.9 Å². The molecule has 0 bridgehead atoms. The summed E-state index contributed by atoms with van der Waals surface area (Å²) in [7, 11) is -1.06. The number of para-hydroxylation sites is 1. The highest BCUT2D eigenvalue weighted by Gasteiger charge is 2.67. The van der Waals surface area contributed by atoms with Gasteiger partial charge >= 0.3 is 0 Å². The minimum Gasteiger partial charge on any atom is -0.497 e. The molecular weight excluding hydrogens is 777 g/mol. The predicted molar refractivity (Wildman–Crippen MR) is 231 cm³/mol. The van der Waals surface area contributed by atoms with Crippen molar-refractivity contribution in [2.75, 3.05) is 23.5 Å². The maximum Gasteiger partial charge on any atom is 0.269 e. The molecule has 308 valence electrons. The van der Waals surface area contributed by atoms with Gasteiger partial charge in [-0.25, -0.2) is 0 Å². The van der Waals surface area contributed by atoms with Crippen molar-refractivity contribution >= 4 is 54.2 Å². The second-order valence-corrected chi connectivity index (χ2v) is 21.2. The van der Waals surface area contributed by atoms with Crippen molar-refractivity contribution in [1.82, 2.24) is 4.90 Å². The van der Waals surface area contributed by atoms with Gasteiger partial charge in [-0.3, -0.25) is 29.4 Å². The van der Waals surface area contributed by atoms with E-state index in [-0.39, 0.29) is 42.6 Å². The highest BCUT2D eigenvalue weighted by Crippen LogP contribution is 2.60. The molecule has 60 heavy (non-hydrogen) atoms. The van der Waals surface area contributed by atoms with E-state index in [4.69, 9.17) is 9.47 Å². The molecule has 13 heteroatoms. The van der Waals surface area contributed by atoms with E-state index in [1.54, 1.807) is 23.0 Å². The van der Waals surface area contributed by atoms with Crippen LogP contribution >= 0.6 is 0 Å². The average molecular weight is 825 g/mol. The molecule has 12 nitrogen and oxygen atoms in total. The van der Waals surface area contributed by atoms with Gasteiger partial charge in [-0.05, 0) is 71.1 Å². The topological polar surface area (TPSA) is 143 Å². The van der Waals surface area contributed by atoms with E-state index in [0.29, 0.717) is 41.3 Å². The Kier molecular flexibility index (Phi) is 10.9. The highest BCUT2D eigenvalue weighted by molar-refractivity contribution is 6.91. The summed E-state index contributed by atoms with van der Waals surface area (Å²) < 4.78 is 12.7. The number of nitro benzene ring substituents is 1. The van der Waals surface area contributed by atoms with Gasteiger partial charge in [-0.2, -0.15) is 0 Å². The zero-order chi connectivity index (χ0) is 42.3. The van der Waals surface area contributed by atoms with Crippen LogP contribution in [0.1, 0.15) is 35.6 Å². The Labute approximate surface area is 350 Å². The third-order valence-electron chi connectivity index (χ3n) is 13.0. The molecule has 5 atom stereocenters. The van der Waals surface area contributed by atoms with E-state index >= 15 is 4.79 Å². The summed E-state index contributed by atoms with van der Waals surface area (Å²) >= 11 is 0. The number of fused-ring (bicyclic) bond motifs is 3. The molecule has 0 radical (unpaired) electrons. The Bertz CT molecular complexity index is 2430. The average Bonchev–Trinajstić information content (AvgIpc) is 3.69. The molecule has 1 spiro atoms. The number of carbonyl (C=O) groups excluding carboxylic acids is 3. The van der Waals surface area contributed by atoms with Crippen LogP contribution in [0.3, 0.4) is 0 Å². The number of rotatable bonds is 12. The standard InChI is InChI=1S/C47H48N4O8Si/c1-31-45(60(3,4)40-21-19-39(58-2)20-22-40)43(26-44(54)48-28-34-11-9-8-10-33(34)24-38(48)29-52)59-47(31)41-25-37(51(56)57)18-23-42(41)49(46(47)55)27-32-14-16-36(17-15-32)50(30-53)35-12-6-5-7-13-35/h5-23,25,30-31,38,43,45,52H,24,26-29H2,1-4H3/t31-,38-,43+,45-,47+/m0/s1. The lowest BCUT2D eigenvalue weighted by Gasteiger charge is -2.39. The summed E-state index contributed by atoms with van der Waals surface area (Å²) in [6.45, 7) is 6.69. The van der Waals surface area contributed by atoms with Gasteiger partial charge in [0.15, 0.2) is 5.60 Å². The fraction of sp³-hybridized carbons (Fsp3) is 0.298. The zero-order valence-electron chi connectivity index (χ0n) is 34.1. The molecule has 0 unspecified atom stereocenters. The first-order valence-electron chi connectivity index (χ1n) is 20.2. The first kappa shape index (κ1) is 40.6. The number of non-ortho nitro benzene ring substituents is 1. The zero-order valence-corrected chi connectivity index (χ0v) is 35.1. The van der Waals surface area contributed by atoms with Crippen LogP contribution in [-0.4, -0.2) is 67.1 Å². The number of anilines is 3. The second-order valence-electron chi connectivity index (χ2n) is 16.5. The summed E-state index contributed by atoms with van der Waals surface area (Å²) in [6, 6.07) is 36.5. The van der Waals surface area contributed by atoms with Gasteiger partial charge in [0, 0.05) is 41.5 Å². The molecule has 1 fully saturated rings. The highest BCUT2D eigenvalue weighted by atomic mass is 28.3. The molecule has 3 aliphatic rings. The van der Waals surface area contributed by atoms with Crippen LogP contribution < -0.4 is 19.7 Å². The van der Waals surface area contributed by atoms with Crippen LogP contribution in [0.25, 0.3) is 0 Å². The minimum atomic E-state index is -2.67. The van der Waals surface area contributed by atoms with Crippen molar-refractivity contribution in [3.8, 4) is 5.75 Å². The summed E-state index contributed by atoms with van der Waals surface area (Å²) in [4.78, 5) is 58.9. The Morgan fingerprint density at radius 3 is 2.28 bits per heavy atom. The number of hydrogen-bond donors (Lipinski definition) is 1. The lowest BCUT2D eigenvalue weighted by Crippen LogP contribution is -2.52. The van der Waals surface area contributed by atoms with Gasteiger partial charge in [-0.1, -0.05) is 91.9 Å². The Hall–Kier alpha value is -6.15. The molecule has 0 saturated carbocycles. The Balaban J connectivity index is 1.18. The Morgan fingerprint density at radius 2 is 1.63 bits per heavy atom. The molecular formula is C47H48N4O8Si. The summed E-state index contributed by atoms with van der Waals surface area (Å²) in [5, 5.41) is 23.9. The molecule has 3 aliphatic heterocycles. The summed E-state index contributed by atoms with van der Waals surface area (Å²) in [6.07, 6.45) is 0.485. The van der Waals surface area contributed by atoms with Gasteiger partial charge in [-0.15, -0.1) is 0 Å². The summed E-state index contributed by atoms with van der Waals surface area (Å²) in [5.41, 5.74) is 3.04. The van der Waals surface area contributed by atoms with E-state index in [0.717, 1.165) is 28.3 Å². The number of aliphatic hydroxyl groups excluding tert-OH is 1. The number of nitro groups is 1. The normalized spacial score (nSPS) is 22.1. The lowest BCUT2D eigenvalue weighted by molar-refractivity contribution is -0.385. The monoisotopic (exact) mass is 824 g/mol. The Morgan fingerprint density at radius 1 is 0.967 bits per heavy atom. The van der Waals surface area contributed by atoms with Gasteiger partial charge in [0.05, 0.1) is 57.5 Å². The summed E-state index contributed by atoms with van der Waals surface area (Å²) in [5.74, 6) is -0.350. The fourth-order valence-electron chi connectivity index (χ4n) is 9.91. The van der Waals surface area contributed by atoms with Gasteiger partial charge < -0.3 is 24.4 Å². The van der Waals surface area contributed by atoms with E-state index in [9.17, 15) is 24.8 Å². The van der Waals surface area contributed by atoms with E-state index in [1.165, 1.54) is 17.0 Å². The largest absolute Gasteiger partial charge is 0.497 e. The van der Waals surface area contributed by atoms with Crippen LogP contribution in [0.15, 0.2) is 121 Å². The number of nitrogens with zero attached hydrogens (tertiary/aromatic N) is 4. The van der Waals surface area contributed by atoms with Crippen LogP contribution in [0, 0.1) is 16.0 Å². The fourth-order valence-corrected chi connectivity index (χ4v) is 13.9. The molecule has 3 heterocycles. The van der Waals surface area contributed by atoms with E-state index < -0.39 is 36.7 Å². The minimum absolute atomic E-state index is 0.0460. The molecule has 0 aromatic heterocycles. The van der Waals surface area contributed by atoms with Crippen molar-refractivity contribution in [3.05, 3.63) is 154 Å². The number of benzene rings is 5. The molecule has 8 rings (SSSR count). The van der Waals surface area contributed by atoms with Gasteiger partial charge in [0.2, 0.25) is 12.3 Å². The van der Waals surface area contributed by atoms with Crippen molar-refractivity contribution in [2.24, 2.45) is 5.92 Å². The number of carbonyl (C=O) groups is 3. The molecule has 0 aliphatic carbocycles. The number of amides is 3. The smallest absolute Gasteiger partial charge is 0.269 e. The van der Waals surface area contributed by atoms with E-state index in [1.807, 2.05) is 110 Å². The molecule has 5 aromatic rings. The molecule has 1 N–H and O–H groups in total. The lowest BCUT2D eigenvalue weighted by atomic mass is 9.82. The first-order chi connectivity index (χ1) is 28.9. The van der Waals surface area contributed by atoms with Gasteiger partial charge in [0.25, 0.3) is 11.6 Å². The maximum absolute atomic E-state index is 15.4. The second kappa shape index (κ2) is 16.1. The van der Waals surface area contributed by atoms with Crippen LogP contribution in [-0.2, 0) is 44.2 Å². The van der Waals surface area contributed by atoms with Crippen molar-refractivity contribution in [1.29, 1.82) is 0 Å². The third-order valence-corrected chi connectivity index (χ3v) is 17.3. The SMILES string of the molecule is COc1ccc([Si](C)(C)[C@@H]2[C@@H](CC(=O)N3Cc4ccccc4C[C@H]3CO)O[C@]3(C(=O)N(Cc4ccc(N(C=O)c5ccccc5)cc4)c4ccc([N+](=O)[O-])cc43)[C@H]2C)cc1. The van der Waals surface area contributed by atoms with Crippen molar-refractivity contribution in [2.45, 2.75) is 69.2 Å². The van der Waals surface area contributed by atoms with E-state index in [2.05, 4.69) is 13.1 Å². The number of ether oxygens (including phenoxy) is 2. The number of aliphatic hydroxyl groups is 1. The first-order valence-corrected chi connectivity index (χ1v) is 23.3. The van der Waals surface area contributed by atoms with Crippen LogP contribution in [0.5, 0.6) is 5.75 Å². The predicted octanol–water partition coefficient (Wildman–Crippen LogP) is 7.00. The third kappa shape index (κ3) is 6.95. The molecule has 1 saturated heterocycles. The maximum atomic E-state index is 15.4.